The molecule has 0 saturated heterocycles. The van der Waals surface area contributed by atoms with Crippen molar-refractivity contribution in [1.82, 2.24) is 0 Å². The van der Waals surface area contributed by atoms with Gasteiger partial charge in [0.05, 0.1) is 22.8 Å². The van der Waals surface area contributed by atoms with Crippen LogP contribution in [0.3, 0.4) is 0 Å². The van der Waals surface area contributed by atoms with E-state index in [1.165, 1.54) is 11.6 Å². The molecule has 8 heteroatoms. The van der Waals surface area contributed by atoms with Gasteiger partial charge in [-0.15, -0.1) is 0 Å². The number of sulfonamides is 1. The Kier molecular flexibility index (Phi) is 8.81. The number of rotatable bonds is 10. The summed E-state index contributed by atoms with van der Waals surface area (Å²) in [4.78, 5) is 18.6. The first-order valence-corrected chi connectivity index (χ1v) is 16.9. The van der Waals surface area contributed by atoms with Gasteiger partial charge in [-0.1, -0.05) is 79.2 Å². The number of anilines is 3. The molecule has 6 rings (SSSR count). The van der Waals surface area contributed by atoms with Gasteiger partial charge in [0.1, 0.15) is 11.9 Å². The van der Waals surface area contributed by atoms with Crippen molar-refractivity contribution in [2.45, 2.75) is 44.8 Å². The van der Waals surface area contributed by atoms with Crippen LogP contribution in [-0.4, -0.2) is 20.9 Å². The molecule has 0 spiro atoms. The number of hydrogen-bond donors (Lipinski definition) is 1. The van der Waals surface area contributed by atoms with Gasteiger partial charge in [0, 0.05) is 17.9 Å². The molecule has 1 amide bonds. The summed E-state index contributed by atoms with van der Waals surface area (Å²) in [6.45, 7) is 7.03. The van der Waals surface area contributed by atoms with Crippen LogP contribution in [0.4, 0.5) is 17.1 Å². The van der Waals surface area contributed by atoms with Gasteiger partial charge in [0.25, 0.3) is 15.9 Å². The standard InChI is InChI=1S/C38H37N3O4S/c1-4-28-13-15-30(16-14-28)37-40(26-29-9-7-6-8-10-29)36-24-23-34(46(43,44)39-31-17-21-33(22-18-31)45-5-2)25-35(36)38(42)41(37)32-19-11-27(3)12-20-32/h6-25,37,39H,4-5,26H2,1-3H3/t37-/m0/s1. The molecule has 5 aromatic rings. The minimum atomic E-state index is -4.01. The van der Waals surface area contributed by atoms with Crippen LogP contribution in [0.5, 0.6) is 5.75 Å². The third-order valence-corrected chi connectivity index (χ3v) is 9.57. The molecule has 0 aromatic heterocycles. The third-order valence-electron chi connectivity index (χ3n) is 8.19. The maximum absolute atomic E-state index is 14.6. The number of amides is 1. The van der Waals surface area contributed by atoms with Gasteiger partial charge in [0.15, 0.2) is 0 Å². The Morgan fingerprint density at radius 3 is 2.13 bits per heavy atom. The van der Waals surface area contributed by atoms with Gasteiger partial charge in [-0.05, 0) is 91.6 Å². The smallest absolute Gasteiger partial charge is 0.262 e. The van der Waals surface area contributed by atoms with Crippen molar-refractivity contribution in [1.29, 1.82) is 0 Å². The summed E-state index contributed by atoms with van der Waals surface area (Å²) in [5, 5.41) is 0. The van der Waals surface area contributed by atoms with Crippen LogP contribution in [-0.2, 0) is 23.0 Å². The van der Waals surface area contributed by atoms with Crippen LogP contribution in [0, 0.1) is 6.92 Å². The quantitative estimate of drug-likeness (QED) is 0.168. The Labute approximate surface area is 271 Å². The van der Waals surface area contributed by atoms with Gasteiger partial charge in [-0.3, -0.25) is 14.4 Å². The molecule has 1 N–H and O–H groups in total. The molecule has 46 heavy (non-hydrogen) atoms. The molecule has 7 nitrogen and oxygen atoms in total. The topological polar surface area (TPSA) is 78.9 Å². The second-order valence-electron chi connectivity index (χ2n) is 11.3. The minimum Gasteiger partial charge on any atom is -0.494 e. The zero-order valence-corrected chi connectivity index (χ0v) is 27.0. The summed E-state index contributed by atoms with van der Waals surface area (Å²) >= 11 is 0. The van der Waals surface area contributed by atoms with Gasteiger partial charge >= 0.3 is 0 Å². The first kappa shape index (κ1) is 30.9. The monoisotopic (exact) mass is 631 g/mol. The molecule has 0 bridgehead atoms. The highest BCUT2D eigenvalue weighted by Gasteiger charge is 2.40. The van der Waals surface area contributed by atoms with E-state index in [1.54, 1.807) is 41.3 Å². The highest BCUT2D eigenvalue weighted by molar-refractivity contribution is 7.92. The Morgan fingerprint density at radius 2 is 1.48 bits per heavy atom. The van der Waals surface area contributed by atoms with Crippen molar-refractivity contribution >= 4 is 33.0 Å². The Hall–Kier alpha value is -5.08. The van der Waals surface area contributed by atoms with Crippen molar-refractivity contribution < 1.29 is 17.9 Å². The fourth-order valence-corrected chi connectivity index (χ4v) is 6.87. The lowest BCUT2D eigenvalue weighted by molar-refractivity contribution is 0.0968. The molecule has 0 unspecified atom stereocenters. The number of carbonyl (C=O) groups excluding carboxylic acids is 1. The highest BCUT2D eigenvalue weighted by atomic mass is 32.2. The molecule has 1 heterocycles. The van der Waals surface area contributed by atoms with E-state index in [1.807, 2.05) is 56.3 Å². The predicted octanol–water partition coefficient (Wildman–Crippen LogP) is 8.12. The van der Waals surface area contributed by atoms with E-state index >= 15 is 0 Å². The lowest BCUT2D eigenvalue weighted by Gasteiger charge is -2.46. The van der Waals surface area contributed by atoms with Gasteiger partial charge in [-0.2, -0.15) is 0 Å². The second kappa shape index (κ2) is 13.1. The van der Waals surface area contributed by atoms with Gasteiger partial charge < -0.3 is 9.64 Å². The first-order valence-electron chi connectivity index (χ1n) is 15.5. The van der Waals surface area contributed by atoms with Crippen LogP contribution < -0.4 is 19.3 Å². The molecular weight excluding hydrogens is 595 g/mol. The number of benzene rings is 5. The maximum Gasteiger partial charge on any atom is 0.262 e. The molecule has 1 atom stereocenters. The van der Waals surface area contributed by atoms with Crippen LogP contribution in [0.25, 0.3) is 0 Å². The summed E-state index contributed by atoms with van der Waals surface area (Å²) in [7, 11) is -4.01. The van der Waals surface area contributed by atoms with Crippen molar-refractivity contribution in [3.63, 3.8) is 0 Å². The van der Waals surface area contributed by atoms with Gasteiger partial charge in [0.2, 0.25) is 0 Å². The van der Waals surface area contributed by atoms with Crippen molar-refractivity contribution in [3.05, 3.63) is 149 Å². The molecule has 234 valence electrons. The summed E-state index contributed by atoms with van der Waals surface area (Å²) < 4.78 is 35.4. The van der Waals surface area contributed by atoms with Crippen molar-refractivity contribution in [2.75, 3.05) is 21.1 Å². The number of hydrogen-bond acceptors (Lipinski definition) is 5. The average Bonchev–Trinajstić information content (AvgIpc) is 3.07. The van der Waals surface area contributed by atoms with E-state index in [9.17, 15) is 13.2 Å². The molecule has 0 radical (unpaired) electrons. The number of aryl methyl sites for hydroxylation is 2. The molecule has 5 aromatic carbocycles. The second-order valence-corrected chi connectivity index (χ2v) is 13.0. The van der Waals surface area contributed by atoms with Gasteiger partial charge in [-0.25, -0.2) is 8.42 Å². The molecule has 0 fully saturated rings. The molecule has 1 aliphatic heterocycles. The van der Waals surface area contributed by atoms with E-state index in [-0.39, 0.29) is 10.8 Å². The SMILES string of the molecule is CCOc1ccc(NS(=O)(=O)c2ccc3c(c2)C(=O)N(c2ccc(C)cc2)[C@@H](c2ccc(CC)cc2)N3Cc2ccccc2)cc1. The fourth-order valence-electron chi connectivity index (χ4n) is 5.79. The molecule has 0 aliphatic carbocycles. The van der Waals surface area contributed by atoms with E-state index in [2.05, 4.69) is 52.9 Å². The minimum absolute atomic E-state index is 0.00255. The Morgan fingerprint density at radius 1 is 0.783 bits per heavy atom. The Bertz CT molecular complexity index is 1930. The number of nitrogens with zero attached hydrogens (tertiary/aromatic N) is 2. The highest BCUT2D eigenvalue weighted by Crippen LogP contribution is 2.43. The Balaban J connectivity index is 1.48. The number of nitrogens with one attached hydrogen (secondary N) is 1. The van der Waals surface area contributed by atoms with E-state index < -0.39 is 16.2 Å². The average molecular weight is 632 g/mol. The largest absolute Gasteiger partial charge is 0.494 e. The number of carbonyl (C=O) groups is 1. The van der Waals surface area contributed by atoms with Crippen molar-refractivity contribution in [3.8, 4) is 5.75 Å². The molecule has 0 saturated carbocycles. The molecule has 1 aliphatic rings. The normalized spacial score (nSPS) is 14.6. The first-order chi connectivity index (χ1) is 22.3. The zero-order chi connectivity index (χ0) is 32.3. The fraction of sp³-hybridized carbons (Fsp3) is 0.184. The summed E-state index contributed by atoms with van der Waals surface area (Å²) in [6.07, 6.45) is 0.433. The van der Waals surface area contributed by atoms with E-state index in [0.717, 1.165) is 28.8 Å². The summed E-state index contributed by atoms with van der Waals surface area (Å²) in [5.41, 5.74) is 6.41. The zero-order valence-electron chi connectivity index (χ0n) is 26.2. The van der Waals surface area contributed by atoms with Crippen molar-refractivity contribution in [2.24, 2.45) is 0 Å². The van der Waals surface area contributed by atoms with E-state index in [4.69, 9.17) is 4.74 Å². The lowest BCUT2D eigenvalue weighted by Crippen LogP contribution is -2.49. The lowest BCUT2D eigenvalue weighted by atomic mass is 9.98. The number of fused-ring (bicyclic) bond motifs is 1. The van der Waals surface area contributed by atoms with Crippen LogP contribution >= 0.6 is 0 Å². The summed E-state index contributed by atoms with van der Waals surface area (Å²) in [6, 6.07) is 37.9. The predicted molar refractivity (Wildman–Crippen MR) is 184 cm³/mol. The van der Waals surface area contributed by atoms with Crippen LogP contribution in [0.15, 0.2) is 126 Å². The molecular formula is C38H37N3O4S. The number of ether oxygens (including phenoxy) is 1. The summed E-state index contributed by atoms with van der Waals surface area (Å²) in [5.74, 6) is 0.379. The third kappa shape index (κ3) is 6.34. The van der Waals surface area contributed by atoms with Crippen LogP contribution in [0.2, 0.25) is 0 Å². The van der Waals surface area contributed by atoms with E-state index in [0.29, 0.717) is 35.8 Å². The van der Waals surface area contributed by atoms with Crippen LogP contribution in [0.1, 0.15) is 52.6 Å². The maximum atomic E-state index is 14.6.